The van der Waals surface area contributed by atoms with E-state index in [1.54, 1.807) is 12.3 Å². The van der Waals surface area contributed by atoms with Crippen molar-refractivity contribution in [3.63, 3.8) is 0 Å². The van der Waals surface area contributed by atoms with Crippen LogP contribution < -0.4 is 5.32 Å². The van der Waals surface area contributed by atoms with E-state index in [1.807, 2.05) is 36.4 Å². The Balaban J connectivity index is 2.26. The highest BCUT2D eigenvalue weighted by Crippen LogP contribution is 1.99. The number of carbonyl (C=O) groups excluding carboxylic acids is 1. The Bertz CT molecular complexity index is 430. The number of nitrogens with one attached hydrogen (secondary N) is 1. The normalized spacial score (nSPS) is 11.6. The molecule has 94 valence electrons. The van der Waals surface area contributed by atoms with Crippen molar-refractivity contribution < 1.29 is 4.79 Å². The summed E-state index contributed by atoms with van der Waals surface area (Å²) in [6, 6.07) is 10.1. The number of allylic oxidation sites excluding steroid dienone is 4. The summed E-state index contributed by atoms with van der Waals surface area (Å²) < 4.78 is 0. The minimum absolute atomic E-state index is 0.111. The predicted molar refractivity (Wildman–Crippen MR) is 76.0 cm³/mol. The van der Waals surface area contributed by atoms with Crippen LogP contribution in [-0.4, -0.2) is 5.91 Å². The first-order chi connectivity index (χ1) is 8.83. The topological polar surface area (TPSA) is 29.1 Å². The summed E-state index contributed by atoms with van der Waals surface area (Å²) in [7, 11) is 0. The molecular weight excluding hydrogens is 222 g/mol. The van der Waals surface area contributed by atoms with Crippen molar-refractivity contribution in [1.29, 1.82) is 0 Å². The van der Waals surface area contributed by atoms with E-state index in [0.717, 1.165) is 12.8 Å². The molecule has 0 saturated carbocycles. The second-order valence-electron chi connectivity index (χ2n) is 3.80. The van der Waals surface area contributed by atoms with Gasteiger partial charge in [-0.15, -0.1) is 0 Å². The third-order valence-electron chi connectivity index (χ3n) is 2.27. The molecule has 1 N–H and O–H groups in total. The van der Waals surface area contributed by atoms with E-state index in [2.05, 4.69) is 24.4 Å². The summed E-state index contributed by atoms with van der Waals surface area (Å²) in [5, 5.41) is 2.69. The number of rotatable bonds is 6. The Morgan fingerprint density at radius 3 is 2.67 bits per heavy atom. The van der Waals surface area contributed by atoms with Gasteiger partial charge in [-0.05, 0) is 18.4 Å². The Morgan fingerprint density at radius 1 is 1.17 bits per heavy atom. The maximum Gasteiger partial charge on any atom is 0.247 e. The van der Waals surface area contributed by atoms with Gasteiger partial charge >= 0.3 is 0 Å². The highest BCUT2D eigenvalue weighted by molar-refractivity contribution is 5.88. The fraction of sp³-hybridized carbons (Fsp3) is 0.188. The van der Waals surface area contributed by atoms with Crippen molar-refractivity contribution >= 4 is 5.91 Å². The van der Waals surface area contributed by atoms with Crippen LogP contribution in [0.1, 0.15) is 18.9 Å². The van der Waals surface area contributed by atoms with Crippen LogP contribution in [0.25, 0.3) is 0 Å². The number of hydrogen-bond acceptors (Lipinski definition) is 1. The minimum atomic E-state index is -0.111. The van der Waals surface area contributed by atoms with Crippen LogP contribution in [0.3, 0.4) is 0 Å². The predicted octanol–water partition coefficient (Wildman–Crippen LogP) is 3.38. The third kappa shape index (κ3) is 6.48. The lowest BCUT2D eigenvalue weighted by Gasteiger charge is -1.95. The SMILES string of the molecule is CC/C=C\C=C/C(=O)N/C=C/Cc1ccccc1. The molecule has 0 aromatic heterocycles. The lowest BCUT2D eigenvalue weighted by atomic mass is 10.1. The van der Waals surface area contributed by atoms with Crippen LogP contribution in [0, 0.1) is 0 Å². The van der Waals surface area contributed by atoms with Gasteiger partial charge in [0.15, 0.2) is 0 Å². The fourth-order valence-electron chi connectivity index (χ4n) is 1.36. The van der Waals surface area contributed by atoms with E-state index in [9.17, 15) is 4.79 Å². The Hall–Kier alpha value is -2.09. The highest BCUT2D eigenvalue weighted by Gasteiger charge is 1.89. The molecule has 1 aromatic rings. The average Bonchev–Trinajstić information content (AvgIpc) is 2.41. The average molecular weight is 241 g/mol. The maximum absolute atomic E-state index is 11.3. The monoisotopic (exact) mass is 241 g/mol. The number of hydrogen-bond donors (Lipinski definition) is 1. The van der Waals surface area contributed by atoms with E-state index >= 15 is 0 Å². The highest BCUT2D eigenvalue weighted by atomic mass is 16.1. The lowest BCUT2D eigenvalue weighted by molar-refractivity contribution is -0.115. The van der Waals surface area contributed by atoms with Gasteiger partial charge in [0.1, 0.15) is 0 Å². The zero-order valence-electron chi connectivity index (χ0n) is 10.7. The van der Waals surface area contributed by atoms with Crippen molar-refractivity contribution in [3.05, 3.63) is 72.5 Å². The van der Waals surface area contributed by atoms with E-state index in [0.29, 0.717) is 0 Å². The third-order valence-corrected chi connectivity index (χ3v) is 2.27. The standard InChI is InChI=1S/C16H19NO/c1-2-3-4-8-13-16(18)17-14-9-12-15-10-6-5-7-11-15/h3-11,13-14H,2,12H2,1H3,(H,17,18)/b4-3-,13-8-,14-9+. The molecule has 0 aliphatic heterocycles. The van der Waals surface area contributed by atoms with Crippen molar-refractivity contribution in [3.8, 4) is 0 Å². The van der Waals surface area contributed by atoms with Crippen molar-refractivity contribution in [2.75, 3.05) is 0 Å². The molecule has 0 radical (unpaired) electrons. The van der Waals surface area contributed by atoms with Crippen LogP contribution in [-0.2, 0) is 11.2 Å². The first-order valence-electron chi connectivity index (χ1n) is 6.15. The summed E-state index contributed by atoms with van der Waals surface area (Å²) >= 11 is 0. The molecule has 0 aliphatic carbocycles. The van der Waals surface area contributed by atoms with E-state index in [1.165, 1.54) is 11.6 Å². The molecule has 0 fully saturated rings. The van der Waals surface area contributed by atoms with Gasteiger partial charge in [0, 0.05) is 12.3 Å². The second-order valence-corrected chi connectivity index (χ2v) is 3.80. The van der Waals surface area contributed by atoms with Crippen LogP contribution in [0.2, 0.25) is 0 Å². The number of carbonyl (C=O) groups is 1. The fourth-order valence-corrected chi connectivity index (χ4v) is 1.36. The maximum atomic E-state index is 11.3. The van der Waals surface area contributed by atoms with Gasteiger partial charge in [-0.3, -0.25) is 4.79 Å². The zero-order chi connectivity index (χ0) is 13.1. The molecule has 0 spiro atoms. The van der Waals surface area contributed by atoms with Crippen LogP contribution in [0.4, 0.5) is 0 Å². The number of amides is 1. The summed E-state index contributed by atoms with van der Waals surface area (Å²) in [6.07, 6.45) is 12.5. The molecule has 0 saturated heterocycles. The Morgan fingerprint density at radius 2 is 1.94 bits per heavy atom. The van der Waals surface area contributed by atoms with E-state index in [4.69, 9.17) is 0 Å². The van der Waals surface area contributed by atoms with E-state index < -0.39 is 0 Å². The summed E-state index contributed by atoms with van der Waals surface area (Å²) in [6.45, 7) is 2.05. The molecule has 1 amide bonds. The summed E-state index contributed by atoms with van der Waals surface area (Å²) in [5.74, 6) is -0.111. The molecule has 0 heterocycles. The van der Waals surface area contributed by atoms with Gasteiger partial charge in [-0.2, -0.15) is 0 Å². The smallest absolute Gasteiger partial charge is 0.247 e. The molecule has 2 heteroatoms. The number of benzene rings is 1. The van der Waals surface area contributed by atoms with Gasteiger partial charge in [0.25, 0.3) is 0 Å². The molecule has 0 aliphatic rings. The van der Waals surface area contributed by atoms with Gasteiger partial charge in [-0.1, -0.05) is 61.6 Å². The molecule has 0 bridgehead atoms. The van der Waals surface area contributed by atoms with Crippen LogP contribution in [0.15, 0.2) is 66.9 Å². The van der Waals surface area contributed by atoms with Crippen molar-refractivity contribution in [1.82, 2.24) is 5.32 Å². The Labute approximate surface area is 109 Å². The minimum Gasteiger partial charge on any atom is -0.329 e. The van der Waals surface area contributed by atoms with Gasteiger partial charge in [-0.25, -0.2) is 0 Å². The largest absolute Gasteiger partial charge is 0.329 e. The first-order valence-corrected chi connectivity index (χ1v) is 6.15. The van der Waals surface area contributed by atoms with Crippen LogP contribution in [0.5, 0.6) is 0 Å². The van der Waals surface area contributed by atoms with Crippen LogP contribution >= 0.6 is 0 Å². The molecule has 0 atom stereocenters. The molecule has 1 aromatic carbocycles. The van der Waals surface area contributed by atoms with Gasteiger partial charge < -0.3 is 5.32 Å². The molecule has 18 heavy (non-hydrogen) atoms. The Kier molecular flexibility index (Phi) is 6.98. The zero-order valence-corrected chi connectivity index (χ0v) is 10.7. The van der Waals surface area contributed by atoms with Gasteiger partial charge in [0.2, 0.25) is 5.91 Å². The lowest BCUT2D eigenvalue weighted by Crippen LogP contribution is -2.13. The quantitative estimate of drug-likeness (QED) is 0.600. The van der Waals surface area contributed by atoms with Crippen molar-refractivity contribution in [2.45, 2.75) is 19.8 Å². The van der Waals surface area contributed by atoms with Gasteiger partial charge in [0.05, 0.1) is 0 Å². The summed E-state index contributed by atoms with van der Waals surface area (Å²) in [5.41, 5.74) is 1.23. The molecule has 1 rings (SSSR count). The molecule has 2 nitrogen and oxygen atoms in total. The van der Waals surface area contributed by atoms with E-state index in [-0.39, 0.29) is 5.91 Å². The first kappa shape index (κ1) is 14.0. The molecular formula is C16H19NO. The van der Waals surface area contributed by atoms with Crippen molar-refractivity contribution in [2.24, 2.45) is 0 Å². The summed E-state index contributed by atoms with van der Waals surface area (Å²) in [4.78, 5) is 11.3. The molecule has 0 unspecified atom stereocenters. The second kappa shape index (κ2) is 8.99.